The zero-order chi connectivity index (χ0) is 10.9. The molecule has 0 saturated heterocycles. The molecule has 0 aromatic rings. The Morgan fingerprint density at radius 1 is 1.31 bits per heavy atom. The minimum absolute atomic E-state index is 0.185. The van der Waals surface area contributed by atoms with Crippen LogP contribution in [0.25, 0.3) is 0 Å². The molecule has 80 valence electrons. The van der Waals surface area contributed by atoms with Crippen molar-refractivity contribution in [2.75, 3.05) is 6.61 Å². The van der Waals surface area contributed by atoms with Gasteiger partial charge in [0.05, 0.1) is 6.61 Å². The molecule has 0 saturated carbocycles. The van der Waals surface area contributed by atoms with Gasteiger partial charge in [0.25, 0.3) is 0 Å². The van der Waals surface area contributed by atoms with Crippen molar-refractivity contribution in [3.05, 3.63) is 0 Å². The number of hydrogen-bond acceptors (Lipinski definition) is 2. The first-order valence-corrected chi connectivity index (χ1v) is 5.22. The molecule has 0 fully saturated rings. The Morgan fingerprint density at radius 3 is 1.92 bits per heavy atom. The number of hydrogen-bond donors (Lipinski definition) is 0. The van der Waals surface area contributed by atoms with E-state index in [-0.39, 0.29) is 5.97 Å². The largest absolute Gasteiger partial charge is 0.466 e. The van der Waals surface area contributed by atoms with E-state index < -0.39 is 4.30 Å². The van der Waals surface area contributed by atoms with Crippen LogP contribution in [0.1, 0.15) is 27.2 Å². The lowest BCUT2D eigenvalue weighted by Gasteiger charge is -2.02. The number of halogens is 3. The molecule has 0 bridgehead atoms. The fraction of sp³-hybridized carbons (Fsp3) is 0.875. The van der Waals surface area contributed by atoms with Gasteiger partial charge >= 0.3 is 5.97 Å². The fourth-order valence-corrected chi connectivity index (χ4v) is 0.438. The van der Waals surface area contributed by atoms with Crippen molar-refractivity contribution >= 4 is 40.8 Å². The van der Waals surface area contributed by atoms with E-state index in [9.17, 15) is 4.79 Å². The lowest BCUT2D eigenvalue weighted by atomic mass is 10.1. The van der Waals surface area contributed by atoms with Crippen LogP contribution in [0.3, 0.4) is 0 Å². The third-order valence-corrected chi connectivity index (χ3v) is 1.00. The van der Waals surface area contributed by atoms with E-state index in [0.29, 0.717) is 12.5 Å². The number of esters is 1. The van der Waals surface area contributed by atoms with Crippen LogP contribution in [0.2, 0.25) is 0 Å². The van der Waals surface area contributed by atoms with Gasteiger partial charge in [-0.1, -0.05) is 48.7 Å². The highest BCUT2D eigenvalue weighted by molar-refractivity contribution is 6.63. The summed E-state index contributed by atoms with van der Waals surface area (Å²) in [7, 11) is 0. The number of ether oxygens (including phenoxy) is 1. The number of rotatable bonds is 3. The summed E-state index contributed by atoms with van der Waals surface area (Å²) in [6.45, 7) is 6.19. The van der Waals surface area contributed by atoms with Crippen molar-refractivity contribution in [3.63, 3.8) is 0 Å². The lowest BCUT2D eigenvalue weighted by molar-refractivity contribution is -0.141. The third-order valence-electron chi connectivity index (χ3n) is 1.00. The summed E-state index contributed by atoms with van der Waals surface area (Å²) in [4.78, 5) is 10.2. The number of carbonyl (C=O) groups is 1. The molecule has 0 heterocycles. The maximum Gasteiger partial charge on any atom is 0.302 e. The average molecular weight is 250 g/mol. The molecular weight excluding hydrogens is 234 g/mol. The maximum atomic E-state index is 10.2. The average Bonchev–Trinajstić information content (AvgIpc) is 1.83. The Kier molecular flexibility index (Phi) is 12.7. The molecule has 13 heavy (non-hydrogen) atoms. The predicted molar refractivity (Wildman–Crippen MR) is 57.4 cm³/mol. The Bertz CT molecular complexity index is 124. The van der Waals surface area contributed by atoms with Gasteiger partial charge in [-0.05, 0) is 12.3 Å². The van der Waals surface area contributed by atoms with E-state index in [0.717, 1.165) is 6.42 Å². The highest BCUT2D eigenvalue weighted by Gasteiger charge is 1.94. The van der Waals surface area contributed by atoms with Crippen LogP contribution in [0.15, 0.2) is 0 Å². The van der Waals surface area contributed by atoms with Gasteiger partial charge in [0.15, 0.2) is 4.30 Å². The second-order valence-corrected chi connectivity index (χ2v) is 4.75. The van der Waals surface area contributed by atoms with Crippen molar-refractivity contribution < 1.29 is 9.53 Å². The molecule has 0 aromatic carbocycles. The number of carbonyl (C=O) groups excluding carboxylic acids is 1. The van der Waals surface area contributed by atoms with Gasteiger partial charge in [-0.25, -0.2) is 0 Å². The monoisotopic (exact) mass is 248 g/mol. The zero-order valence-corrected chi connectivity index (χ0v) is 10.3. The maximum absolute atomic E-state index is 10.2. The van der Waals surface area contributed by atoms with Crippen LogP contribution < -0.4 is 0 Å². The minimum Gasteiger partial charge on any atom is -0.466 e. The van der Waals surface area contributed by atoms with Gasteiger partial charge in [0.1, 0.15) is 0 Å². The van der Waals surface area contributed by atoms with Crippen LogP contribution in [-0.4, -0.2) is 16.9 Å². The van der Waals surface area contributed by atoms with Gasteiger partial charge < -0.3 is 4.74 Å². The van der Waals surface area contributed by atoms with Crippen LogP contribution >= 0.6 is 34.8 Å². The van der Waals surface area contributed by atoms with E-state index >= 15 is 0 Å². The second-order valence-electron chi connectivity index (χ2n) is 2.77. The topological polar surface area (TPSA) is 26.3 Å². The van der Waals surface area contributed by atoms with Crippen molar-refractivity contribution in [1.82, 2.24) is 0 Å². The Hall–Kier alpha value is 0.340. The van der Waals surface area contributed by atoms with Crippen molar-refractivity contribution in [2.45, 2.75) is 31.5 Å². The first-order valence-electron chi connectivity index (χ1n) is 3.91. The molecular formula is C8H15Cl3O2. The SMILES string of the molecule is CC(=O)OCCC(C)C.ClC(Cl)Cl. The van der Waals surface area contributed by atoms with Crippen LogP contribution in [-0.2, 0) is 9.53 Å². The summed E-state index contributed by atoms with van der Waals surface area (Å²) in [5, 5.41) is 0. The Balaban J connectivity index is 0. The zero-order valence-electron chi connectivity index (χ0n) is 8.02. The molecule has 0 atom stereocenters. The van der Waals surface area contributed by atoms with Gasteiger partial charge in [-0.2, -0.15) is 0 Å². The summed E-state index contributed by atoms with van der Waals surface area (Å²) in [6, 6.07) is 0. The standard InChI is InChI=1S/C7H14O2.CHCl3/c1-6(2)4-5-9-7(3)8;2-1(3)4/h6H,4-5H2,1-3H3;1H. The van der Waals surface area contributed by atoms with Crippen LogP contribution in [0.5, 0.6) is 0 Å². The van der Waals surface area contributed by atoms with Gasteiger partial charge in [0.2, 0.25) is 0 Å². The van der Waals surface area contributed by atoms with E-state index in [2.05, 4.69) is 13.8 Å². The van der Waals surface area contributed by atoms with E-state index in [1.807, 2.05) is 0 Å². The first-order chi connectivity index (χ1) is 5.86. The summed E-state index contributed by atoms with van der Waals surface area (Å²) in [6.07, 6.45) is 0.958. The summed E-state index contributed by atoms with van der Waals surface area (Å²) in [5.41, 5.74) is 0. The fourth-order valence-electron chi connectivity index (χ4n) is 0.438. The molecule has 0 aliphatic rings. The van der Waals surface area contributed by atoms with E-state index in [1.54, 1.807) is 0 Å². The normalized spacial score (nSPS) is 9.54. The highest BCUT2D eigenvalue weighted by atomic mass is 35.6. The molecule has 2 nitrogen and oxygen atoms in total. The van der Waals surface area contributed by atoms with Crippen molar-refractivity contribution in [3.8, 4) is 0 Å². The molecule has 0 rings (SSSR count). The predicted octanol–water partition coefficient (Wildman–Crippen LogP) is 3.58. The molecule has 0 aliphatic carbocycles. The molecule has 0 radical (unpaired) electrons. The highest BCUT2D eigenvalue weighted by Crippen LogP contribution is 2.03. The van der Waals surface area contributed by atoms with E-state index in [4.69, 9.17) is 39.5 Å². The van der Waals surface area contributed by atoms with Crippen LogP contribution in [0, 0.1) is 5.92 Å². The summed E-state index contributed by atoms with van der Waals surface area (Å²) in [5.74, 6) is 0.431. The molecule has 0 unspecified atom stereocenters. The van der Waals surface area contributed by atoms with Crippen LogP contribution in [0.4, 0.5) is 0 Å². The lowest BCUT2D eigenvalue weighted by Crippen LogP contribution is -2.02. The van der Waals surface area contributed by atoms with E-state index in [1.165, 1.54) is 6.92 Å². The van der Waals surface area contributed by atoms with Crippen molar-refractivity contribution in [1.29, 1.82) is 0 Å². The molecule has 0 aromatic heterocycles. The Labute approximate surface area is 94.5 Å². The molecule has 0 spiro atoms. The molecule has 0 N–H and O–H groups in total. The van der Waals surface area contributed by atoms with Gasteiger partial charge in [0, 0.05) is 6.92 Å². The minimum atomic E-state index is -0.750. The second kappa shape index (κ2) is 10.4. The quantitative estimate of drug-likeness (QED) is 0.564. The van der Waals surface area contributed by atoms with Crippen molar-refractivity contribution in [2.24, 2.45) is 5.92 Å². The number of alkyl halides is 3. The third kappa shape index (κ3) is 32.8. The molecule has 0 aliphatic heterocycles. The van der Waals surface area contributed by atoms with Gasteiger partial charge in [-0.3, -0.25) is 4.79 Å². The molecule has 5 heteroatoms. The summed E-state index contributed by atoms with van der Waals surface area (Å²) < 4.78 is 3.96. The first kappa shape index (κ1) is 15.8. The summed E-state index contributed by atoms with van der Waals surface area (Å²) >= 11 is 14.4. The Morgan fingerprint density at radius 2 is 1.69 bits per heavy atom. The smallest absolute Gasteiger partial charge is 0.302 e. The molecule has 0 amide bonds. The van der Waals surface area contributed by atoms with Gasteiger partial charge in [-0.15, -0.1) is 0 Å².